The van der Waals surface area contributed by atoms with E-state index < -0.39 is 11.7 Å². The molecule has 1 aliphatic heterocycles. The Labute approximate surface area is 195 Å². The number of anilines is 2. The van der Waals surface area contributed by atoms with Gasteiger partial charge in [-0.15, -0.1) is 0 Å². The van der Waals surface area contributed by atoms with Crippen molar-refractivity contribution < 1.29 is 27.4 Å². The van der Waals surface area contributed by atoms with Crippen molar-refractivity contribution in [1.29, 1.82) is 0 Å². The summed E-state index contributed by atoms with van der Waals surface area (Å²) in [4.78, 5) is 8.96. The minimum atomic E-state index is -4.48. The second-order valence-corrected chi connectivity index (χ2v) is 8.32. The molecule has 3 N–H and O–H groups in total. The number of halogens is 3. The zero-order valence-electron chi connectivity index (χ0n) is 19.0. The fraction of sp³-hybridized carbons (Fsp3) is 0.417. The SMILES string of the molecule is COc1cc2c(NCc3cc(N)cc(C(F)(F)F)c3)nc(C)nc2cc1OCC1CCOCC1. The van der Waals surface area contributed by atoms with Crippen molar-refractivity contribution in [3.05, 3.63) is 47.3 Å². The number of hydrogen-bond acceptors (Lipinski definition) is 7. The van der Waals surface area contributed by atoms with Crippen LogP contribution in [0, 0.1) is 12.8 Å². The van der Waals surface area contributed by atoms with Gasteiger partial charge in [0, 0.05) is 36.9 Å². The first kappa shape index (κ1) is 23.9. The highest BCUT2D eigenvalue weighted by Crippen LogP contribution is 2.36. The van der Waals surface area contributed by atoms with Crippen LogP contribution in [0.2, 0.25) is 0 Å². The van der Waals surface area contributed by atoms with Crippen LogP contribution in [-0.4, -0.2) is 36.9 Å². The largest absolute Gasteiger partial charge is 0.493 e. The highest BCUT2D eigenvalue weighted by molar-refractivity contribution is 5.91. The minimum Gasteiger partial charge on any atom is -0.493 e. The zero-order chi connectivity index (χ0) is 24.3. The molecule has 0 amide bonds. The second kappa shape index (κ2) is 9.92. The maximum Gasteiger partial charge on any atom is 0.416 e. The number of ether oxygens (including phenoxy) is 3. The number of methoxy groups -OCH3 is 1. The molecule has 1 fully saturated rings. The maximum atomic E-state index is 13.1. The summed E-state index contributed by atoms with van der Waals surface area (Å²) in [7, 11) is 1.55. The Kier molecular flexibility index (Phi) is 6.97. The molecule has 2 aromatic carbocycles. The van der Waals surface area contributed by atoms with E-state index in [-0.39, 0.29) is 12.2 Å². The lowest BCUT2D eigenvalue weighted by molar-refractivity contribution is -0.137. The summed E-state index contributed by atoms with van der Waals surface area (Å²) in [6.45, 7) is 3.88. The number of nitrogen functional groups attached to an aromatic ring is 1. The van der Waals surface area contributed by atoms with Crippen molar-refractivity contribution in [2.45, 2.75) is 32.5 Å². The Morgan fingerprint density at radius 3 is 2.56 bits per heavy atom. The molecule has 1 saturated heterocycles. The fourth-order valence-corrected chi connectivity index (χ4v) is 3.95. The summed E-state index contributed by atoms with van der Waals surface area (Å²) in [5.41, 5.74) is 5.97. The fourth-order valence-electron chi connectivity index (χ4n) is 3.95. The molecule has 7 nitrogen and oxygen atoms in total. The van der Waals surface area contributed by atoms with Crippen LogP contribution in [0.15, 0.2) is 30.3 Å². The van der Waals surface area contributed by atoms with Gasteiger partial charge in [0.25, 0.3) is 0 Å². The lowest BCUT2D eigenvalue weighted by Crippen LogP contribution is -2.21. The Morgan fingerprint density at radius 2 is 1.85 bits per heavy atom. The number of aromatic nitrogens is 2. The normalized spacial score (nSPS) is 14.9. The zero-order valence-corrected chi connectivity index (χ0v) is 19.0. The first-order chi connectivity index (χ1) is 16.2. The summed E-state index contributed by atoms with van der Waals surface area (Å²) < 4.78 is 56.4. The van der Waals surface area contributed by atoms with Gasteiger partial charge in [0.1, 0.15) is 11.6 Å². The number of nitrogens with zero attached hydrogens (tertiary/aromatic N) is 2. The van der Waals surface area contributed by atoms with Gasteiger partial charge >= 0.3 is 6.18 Å². The number of benzene rings is 2. The Hall–Kier alpha value is -3.27. The molecule has 0 aliphatic carbocycles. The number of nitrogens with two attached hydrogens (primary N) is 1. The quantitative estimate of drug-likeness (QED) is 0.466. The van der Waals surface area contributed by atoms with Gasteiger partial charge in [-0.1, -0.05) is 0 Å². The van der Waals surface area contributed by atoms with Crippen LogP contribution in [0.4, 0.5) is 24.7 Å². The molecule has 0 saturated carbocycles. The van der Waals surface area contributed by atoms with Crippen LogP contribution in [-0.2, 0) is 17.5 Å². The highest BCUT2D eigenvalue weighted by atomic mass is 19.4. The molecule has 0 spiro atoms. The van der Waals surface area contributed by atoms with Gasteiger partial charge in [-0.3, -0.25) is 0 Å². The number of fused-ring (bicyclic) bond motifs is 1. The van der Waals surface area contributed by atoms with Crippen molar-refractivity contribution in [2.75, 3.05) is 38.0 Å². The van der Waals surface area contributed by atoms with E-state index in [1.807, 2.05) is 0 Å². The van der Waals surface area contributed by atoms with E-state index in [9.17, 15) is 13.2 Å². The van der Waals surface area contributed by atoms with Crippen LogP contribution in [0.25, 0.3) is 10.9 Å². The summed E-state index contributed by atoms with van der Waals surface area (Å²) in [5, 5.41) is 3.79. The summed E-state index contributed by atoms with van der Waals surface area (Å²) in [5.74, 6) is 2.51. The molecule has 0 unspecified atom stereocenters. The third-order valence-corrected chi connectivity index (χ3v) is 5.71. The predicted octanol–water partition coefficient (Wildman–Crippen LogP) is 4.97. The van der Waals surface area contributed by atoms with Crippen LogP contribution in [0.3, 0.4) is 0 Å². The highest BCUT2D eigenvalue weighted by Gasteiger charge is 2.31. The predicted molar refractivity (Wildman–Crippen MR) is 123 cm³/mol. The van der Waals surface area contributed by atoms with Crippen LogP contribution in [0.1, 0.15) is 29.8 Å². The van der Waals surface area contributed by atoms with E-state index in [0.717, 1.165) is 38.2 Å². The van der Waals surface area contributed by atoms with Gasteiger partial charge in [-0.05, 0) is 55.5 Å². The van der Waals surface area contributed by atoms with Gasteiger partial charge in [0.15, 0.2) is 11.5 Å². The van der Waals surface area contributed by atoms with Crippen molar-refractivity contribution in [3.63, 3.8) is 0 Å². The first-order valence-corrected chi connectivity index (χ1v) is 11.0. The molecule has 182 valence electrons. The second-order valence-electron chi connectivity index (χ2n) is 8.32. The van der Waals surface area contributed by atoms with E-state index in [1.54, 1.807) is 26.2 Å². The van der Waals surface area contributed by atoms with E-state index in [4.69, 9.17) is 19.9 Å². The van der Waals surface area contributed by atoms with E-state index in [1.165, 1.54) is 6.07 Å². The van der Waals surface area contributed by atoms with E-state index >= 15 is 0 Å². The maximum absolute atomic E-state index is 13.1. The summed E-state index contributed by atoms with van der Waals surface area (Å²) in [6.07, 6.45) is -2.58. The van der Waals surface area contributed by atoms with Crippen LogP contribution >= 0.6 is 0 Å². The van der Waals surface area contributed by atoms with E-state index in [2.05, 4.69) is 15.3 Å². The Balaban J connectivity index is 1.59. The third-order valence-electron chi connectivity index (χ3n) is 5.71. The summed E-state index contributed by atoms with van der Waals surface area (Å²) >= 11 is 0. The molecule has 4 rings (SSSR count). The molecule has 3 aromatic rings. The standard InChI is InChI=1S/C24H27F3N4O3/c1-14-30-20-11-22(34-13-15-3-5-33-6-4-15)21(32-2)10-19(20)23(31-14)29-12-16-7-17(24(25,26)27)9-18(28)8-16/h7-11,15H,3-6,12-13,28H2,1-2H3,(H,29,30,31). The first-order valence-electron chi connectivity index (χ1n) is 11.0. The number of nitrogens with one attached hydrogen (secondary N) is 1. The van der Waals surface area contributed by atoms with E-state index in [0.29, 0.717) is 52.1 Å². The van der Waals surface area contributed by atoms with Crippen molar-refractivity contribution in [3.8, 4) is 11.5 Å². The van der Waals surface area contributed by atoms with Gasteiger partial charge < -0.3 is 25.3 Å². The van der Waals surface area contributed by atoms with Crippen molar-refractivity contribution >= 4 is 22.4 Å². The number of hydrogen-bond donors (Lipinski definition) is 2. The molecule has 0 bridgehead atoms. The number of rotatable bonds is 7. The molecule has 0 radical (unpaired) electrons. The molecular weight excluding hydrogens is 449 g/mol. The minimum absolute atomic E-state index is 0.0448. The average molecular weight is 476 g/mol. The van der Waals surface area contributed by atoms with Gasteiger partial charge in [-0.25, -0.2) is 9.97 Å². The molecule has 34 heavy (non-hydrogen) atoms. The van der Waals surface area contributed by atoms with Crippen LogP contribution < -0.4 is 20.5 Å². The van der Waals surface area contributed by atoms with Gasteiger partial charge in [0.05, 0.1) is 24.8 Å². The molecular formula is C24H27F3N4O3. The average Bonchev–Trinajstić information content (AvgIpc) is 2.80. The third kappa shape index (κ3) is 5.61. The molecule has 2 heterocycles. The monoisotopic (exact) mass is 476 g/mol. The number of alkyl halides is 3. The lowest BCUT2D eigenvalue weighted by Gasteiger charge is -2.22. The van der Waals surface area contributed by atoms with Crippen molar-refractivity contribution in [2.24, 2.45) is 5.92 Å². The Morgan fingerprint density at radius 1 is 1.09 bits per heavy atom. The molecule has 10 heteroatoms. The molecule has 1 aliphatic rings. The topological polar surface area (TPSA) is 91.5 Å². The smallest absolute Gasteiger partial charge is 0.416 e. The van der Waals surface area contributed by atoms with Gasteiger partial charge in [-0.2, -0.15) is 13.2 Å². The molecule has 0 atom stereocenters. The Bertz CT molecular complexity index is 1160. The lowest BCUT2D eigenvalue weighted by atomic mass is 10.0. The van der Waals surface area contributed by atoms with Crippen molar-refractivity contribution in [1.82, 2.24) is 9.97 Å². The number of aryl methyl sites for hydroxylation is 1. The van der Waals surface area contributed by atoms with Crippen LogP contribution in [0.5, 0.6) is 11.5 Å². The van der Waals surface area contributed by atoms with Gasteiger partial charge in [0.2, 0.25) is 0 Å². The summed E-state index contributed by atoms with van der Waals surface area (Å²) in [6, 6.07) is 7.07. The molecule has 1 aromatic heterocycles.